The zero-order valence-corrected chi connectivity index (χ0v) is 25.0. The molecule has 0 aliphatic heterocycles. The van der Waals surface area contributed by atoms with Crippen LogP contribution in [0.25, 0.3) is 0 Å². The second-order valence-electron chi connectivity index (χ2n) is 11.2. The second kappa shape index (κ2) is 32.2. The summed E-state index contributed by atoms with van der Waals surface area (Å²) in [7, 11) is 0. The Bertz CT molecular complexity index is 442. The van der Waals surface area contributed by atoms with E-state index < -0.39 is 0 Å². The molecule has 0 aliphatic carbocycles. The van der Waals surface area contributed by atoms with E-state index in [2.05, 4.69) is 26.0 Å². The van der Waals surface area contributed by atoms with Gasteiger partial charge in [0.25, 0.3) is 0 Å². The first kappa shape index (κ1) is 35.2. The van der Waals surface area contributed by atoms with Gasteiger partial charge >= 0.3 is 5.97 Å². The molecule has 0 N–H and O–H groups in total. The van der Waals surface area contributed by atoms with E-state index >= 15 is 0 Å². The van der Waals surface area contributed by atoms with Crippen molar-refractivity contribution in [2.24, 2.45) is 0 Å². The lowest BCUT2D eigenvalue weighted by molar-refractivity contribution is -0.143. The van der Waals surface area contributed by atoms with Crippen LogP contribution in [0, 0.1) is 0 Å². The average Bonchev–Trinajstić information content (AvgIpc) is 2.88. The number of esters is 1. The summed E-state index contributed by atoms with van der Waals surface area (Å²) in [5.41, 5.74) is 0. The summed E-state index contributed by atoms with van der Waals surface area (Å²) in [6.45, 7) is 5.16. The fourth-order valence-corrected chi connectivity index (χ4v) is 4.88. The predicted octanol–water partition coefficient (Wildman–Crippen LogP) is 12.0. The number of rotatable bonds is 30. The zero-order valence-electron chi connectivity index (χ0n) is 25.0. The van der Waals surface area contributed by atoms with Gasteiger partial charge in [-0.25, -0.2) is 0 Å². The number of unbranched alkanes of at least 4 members (excludes halogenated alkanes) is 24. The van der Waals surface area contributed by atoms with E-state index in [1.165, 1.54) is 154 Å². The third-order valence-electron chi connectivity index (χ3n) is 7.40. The highest BCUT2D eigenvalue weighted by Gasteiger charge is 2.02. The van der Waals surface area contributed by atoms with E-state index in [0.29, 0.717) is 13.0 Å². The Balaban J connectivity index is 3.15. The molecule has 0 saturated carbocycles. The van der Waals surface area contributed by atoms with Crippen LogP contribution in [0.4, 0.5) is 0 Å². The van der Waals surface area contributed by atoms with Gasteiger partial charge in [0.05, 0.1) is 6.61 Å². The van der Waals surface area contributed by atoms with E-state index in [9.17, 15) is 4.79 Å². The van der Waals surface area contributed by atoms with Crippen molar-refractivity contribution in [3.05, 3.63) is 12.2 Å². The lowest BCUT2D eigenvalue weighted by Crippen LogP contribution is -2.05. The van der Waals surface area contributed by atoms with Crippen LogP contribution in [0.3, 0.4) is 0 Å². The minimum atomic E-state index is 0.0147. The van der Waals surface area contributed by atoms with Crippen LogP contribution < -0.4 is 0 Å². The monoisotopic (exact) mass is 507 g/mol. The minimum Gasteiger partial charge on any atom is -0.466 e. The molecule has 36 heavy (non-hydrogen) atoms. The van der Waals surface area contributed by atoms with Crippen LogP contribution in [-0.4, -0.2) is 12.6 Å². The molecule has 0 amide bonds. The lowest BCUT2D eigenvalue weighted by Gasteiger charge is -2.05. The van der Waals surface area contributed by atoms with Gasteiger partial charge in [-0.2, -0.15) is 0 Å². The molecular weight excluding hydrogens is 440 g/mol. The molecule has 0 aromatic carbocycles. The smallest absolute Gasteiger partial charge is 0.305 e. The second-order valence-corrected chi connectivity index (χ2v) is 11.2. The molecule has 0 spiro atoms. The molecule has 0 heterocycles. The van der Waals surface area contributed by atoms with Crippen molar-refractivity contribution in [2.75, 3.05) is 6.61 Å². The average molecular weight is 507 g/mol. The van der Waals surface area contributed by atoms with Crippen molar-refractivity contribution in [3.8, 4) is 0 Å². The minimum absolute atomic E-state index is 0.0147. The summed E-state index contributed by atoms with van der Waals surface area (Å²) in [6, 6.07) is 0. The van der Waals surface area contributed by atoms with Crippen molar-refractivity contribution in [1.82, 2.24) is 0 Å². The quantitative estimate of drug-likeness (QED) is 0.0550. The van der Waals surface area contributed by atoms with Gasteiger partial charge in [-0.05, 0) is 32.1 Å². The molecule has 0 aromatic heterocycles. The molecule has 0 aromatic rings. The van der Waals surface area contributed by atoms with Gasteiger partial charge in [0.2, 0.25) is 0 Å². The normalized spacial score (nSPS) is 11.5. The van der Waals surface area contributed by atoms with Crippen LogP contribution >= 0.6 is 0 Å². The van der Waals surface area contributed by atoms with Crippen LogP contribution in [0.5, 0.6) is 0 Å². The number of ether oxygens (including phenoxy) is 1. The predicted molar refractivity (Wildman–Crippen MR) is 161 cm³/mol. The molecule has 0 aliphatic rings. The van der Waals surface area contributed by atoms with E-state index in [-0.39, 0.29) is 5.97 Å². The van der Waals surface area contributed by atoms with Crippen molar-refractivity contribution >= 4 is 5.97 Å². The largest absolute Gasteiger partial charge is 0.466 e. The maximum Gasteiger partial charge on any atom is 0.305 e. The Morgan fingerprint density at radius 3 is 1.28 bits per heavy atom. The Kier molecular flexibility index (Phi) is 31.5. The van der Waals surface area contributed by atoms with Crippen molar-refractivity contribution in [1.29, 1.82) is 0 Å². The van der Waals surface area contributed by atoms with Crippen molar-refractivity contribution in [2.45, 2.75) is 194 Å². The van der Waals surface area contributed by atoms with Crippen LogP contribution in [0.2, 0.25) is 0 Å². The van der Waals surface area contributed by atoms with Crippen LogP contribution in [-0.2, 0) is 9.53 Å². The highest BCUT2D eigenvalue weighted by molar-refractivity contribution is 5.69. The third-order valence-corrected chi connectivity index (χ3v) is 7.40. The Hall–Kier alpha value is -0.790. The SMILES string of the molecule is CCCC/C=C\CCCCCCCC(=O)OCCCCCCCCCCCCCCCCCCCC. The van der Waals surface area contributed by atoms with E-state index in [4.69, 9.17) is 4.74 Å². The number of hydrogen-bond donors (Lipinski definition) is 0. The summed E-state index contributed by atoms with van der Waals surface area (Å²) in [4.78, 5) is 11.9. The molecule has 0 bridgehead atoms. The fraction of sp³-hybridized carbons (Fsp3) is 0.912. The molecule has 0 unspecified atom stereocenters. The van der Waals surface area contributed by atoms with Gasteiger partial charge in [0.15, 0.2) is 0 Å². The van der Waals surface area contributed by atoms with Gasteiger partial charge in [0.1, 0.15) is 0 Å². The van der Waals surface area contributed by atoms with Crippen molar-refractivity contribution < 1.29 is 9.53 Å². The van der Waals surface area contributed by atoms with Crippen LogP contribution in [0.15, 0.2) is 12.2 Å². The molecule has 0 radical (unpaired) electrons. The van der Waals surface area contributed by atoms with Gasteiger partial charge in [0, 0.05) is 6.42 Å². The Labute approximate surface area is 227 Å². The first-order valence-electron chi connectivity index (χ1n) is 16.6. The standard InChI is InChI=1S/C34H66O2/c1-3-5-7-9-11-13-15-16-17-18-19-20-21-23-25-27-29-31-33-36-34(35)32-30-28-26-24-22-14-12-10-8-6-4-2/h10,12H,3-9,11,13-33H2,1-2H3/b12-10-. The van der Waals surface area contributed by atoms with Gasteiger partial charge in [-0.3, -0.25) is 4.79 Å². The number of carbonyl (C=O) groups is 1. The first-order valence-corrected chi connectivity index (χ1v) is 16.6. The van der Waals surface area contributed by atoms with Crippen LogP contribution in [0.1, 0.15) is 194 Å². The van der Waals surface area contributed by atoms with Crippen molar-refractivity contribution in [3.63, 3.8) is 0 Å². The third kappa shape index (κ3) is 31.2. The molecule has 214 valence electrons. The van der Waals surface area contributed by atoms with E-state index in [0.717, 1.165) is 19.3 Å². The molecule has 0 fully saturated rings. The van der Waals surface area contributed by atoms with Gasteiger partial charge in [-0.1, -0.05) is 167 Å². The van der Waals surface area contributed by atoms with E-state index in [1.54, 1.807) is 0 Å². The molecule has 0 rings (SSSR count). The maximum absolute atomic E-state index is 11.9. The first-order chi connectivity index (χ1) is 17.8. The lowest BCUT2D eigenvalue weighted by atomic mass is 10.0. The van der Waals surface area contributed by atoms with Gasteiger partial charge < -0.3 is 4.74 Å². The fourth-order valence-electron chi connectivity index (χ4n) is 4.88. The number of allylic oxidation sites excluding steroid dienone is 2. The summed E-state index contributed by atoms with van der Waals surface area (Å²) >= 11 is 0. The number of hydrogen-bond acceptors (Lipinski definition) is 2. The highest BCUT2D eigenvalue weighted by Crippen LogP contribution is 2.14. The summed E-state index contributed by atoms with van der Waals surface area (Å²) in [5.74, 6) is 0.0147. The summed E-state index contributed by atoms with van der Waals surface area (Å²) in [5, 5.41) is 0. The topological polar surface area (TPSA) is 26.3 Å². The zero-order chi connectivity index (χ0) is 26.2. The van der Waals surface area contributed by atoms with E-state index in [1.807, 2.05) is 0 Å². The Morgan fingerprint density at radius 2 is 0.806 bits per heavy atom. The Morgan fingerprint density at radius 1 is 0.444 bits per heavy atom. The molecular formula is C34H66O2. The van der Waals surface area contributed by atoms with Gasteiger partial charge in [-0.15, -0.1) is 0 Å². The maximum atomic E-state index is 11.9. The summed E-state index contributed by atoms with van der Waals surface area (Å²) < 4.78 is 5.41. The summed E-state index contributed by atoms with van der Waals surface area (Å²) in [6.07, 6.45) is 41.2. The molecule has 0 saturated heterocycles. The number of carbonyl (C=O) groups excluding carboxylic acids is 1. The molecule has 2 nitrogen and oxygen atoms in total. The molecule has 2 heteroatoms. The molecule has 0 atom stereocenters. The highest BCUT2D eigenvalue weighted by atomic mass is 16.5.